The van der Waals surface area contributed by atoms with E-state index in [1.54, 1.807) is 7.11 Å². The molecule has 7 heteroatoms. The number of hydrogen-bond donors (Lipinski definition) is 0. The summed E-state index contributed by atoms with van der Waals surface area (Å²) in [5.74, 6) is 1.33. The molecule has 1 aromatic carbocycles. The van der Waals surface area contributed by atoms with Gasteiger partial charge < -0.3 is 13.9 Å². The minimum absolute atomic E-state index is 0.262. The van der Waals surface area contributed by atoms with E-state index in [0.717, 1.165) is 5.56 Å². The van der Waals surface area contributed by atoms with Gasteiger partial charge in [-0.15, -0.1) is 10.2 Å². The van der Waals surface area contributed by atoms with Crippen LogP contribution in [0.2, 0.25) is 0 Å². The van der Waals surface area contributed by atoms with Crippen LogP contribution in [0.1, 0.15) is 6.42 Å². The molecule has 2 aromatic rings. The molecule has 1 aromatic heterocycles. The van der Waals surface area contributed by atoms with Crippen molar-refractivity contribution in [3.8, 4) is 17.2 Å². The van der Waals surface area contributed by atoms with Crippen LogP contribution in [0.15, 0.2) is 33.9 Å². The maximum atomic E-state index is 11.0. The second-order valence-corrected chi connectivity index (χ2v) is 4.79. The van der Waals surface area contributed by atoms with E-state index in [0.29, 0.717) is 29.0 Å². The molecule has 0 aliphatic rings. The minimum atomic E-state index is -0.262. The number of carbonyl (C=O) groups is 1. The van der Waals surface area contributed by atoms with Crippen LogP contribution in [0, 0.1) is 0 Å². The molecule has 0 saturated heterocycles. The molecule has 0 amide bonds. The Kier molecular flexibility index (Phi) is 5.00. The Morgan fingerprint density at radius 1 is 1.30 bits per heavy atom. The molecular formula is C13H14N2O4S. The fourth-order valence-corrected chi connectivity index (χ4v) is 2.20. The van der Waals surface area contributed by atoms with Gasteiger partial charge in [0, 0.05) is 5.75 Å². The normalized spacial score (nSPS) is 10.3. The standard InChI is InChI=1S/C13H14N2O4S/c1-17-10-6-4-3-5-9(10)12-14-15-13(19-12)20-8-7-11(16)18-2/h3-6H,7-8H2,1-2H3. The summed E-state index contributed by atoms with van der Waals surface area (Å²) in [5.41, 5.74) is 0.738. The maximum absolute atomic E-state index is 11.0. The molecule has 0 saturated carbocycles. The highest BCUT2D eigenvalue weighted by atomic mass is 32.2. The van der Waals surface area contributed by atoms with Crippen LogP contribution in [0.3, 0.4) is 0 Å². The predicted molar refractivity (Wildman–Crippen MR) is 73.6 cm³/mol. The van der Waals surface area contributed by atoms with Crippen LogP contribution in [-0.2, 0) is 9.53 Å². The Morgan fingerprint density at radius 3 is 2.85 bits per heavy atom. The van der Waals surface area contributed by atoms with E-state index < -0.39 is 0 Å². The summed E-state index contributed by atoms with van der Waals surface area (Å²) in [4.78, 5) is 11.0. The zero-order valence-electron chi connectivity index (χ0n) is 11.2. The monoisotopic (exact) mass is 294 g/mol. The zero-order valence-corrected chi connectivity index (χ0v) is 12.0. The zero-order chi connectivity index (χ0) is 14.4. The summed E-state index contributed by atoms with van der Waals surface area (Å²) in [6.45, 7) is 0. The lowest BCUT2D eigenvalue weighted by Gasteiger charge is -2.03. The molecule has 0 N–H and O–H groups in total. The van der Waals surface area contributed by atoms with Crippen molar-refractivity contribution >= 4 is 17.7 Å². The third-order valence-corrected chi connectivity index (χ3v) is 3.32. The van der Waals surface area contributed by atoms with Gasteiger partial charge >= 0.3 is 5.97 Å². The lowest BCUT2D eigenvalue weighted by molar-refractivity contribution is -0.140. The molecular weight excluding hydrogens is 280 g/mol. The lowest BCUT2D eigenvalue weighted by atomic mass is 10.2. The van der Waals surface area contributed by atoms with E-state index in [2.05, 4.69) is 14.9 Å². The lowest BCUT2D eigenvalue weighted by Crippen LogP contribution is -2.00. The Hall–Kier alpha value is -2.02. The van der Waals surface area contributed by atoms with Gasteiger partial charge in [-0.05, 0) is 12.1 Å². The van der Waals surface area contributed by atoms with Crippen molar-refractivity contribution in [2.75, 3.05) is 20.0 Å². The molecule has 106 valence electrons. The first-order valence-corrected chi connectivity index (χ1v) is 6.89. The summed E-state index contributed by atoms with van der Waals surface area (Å²) in [6, 6.07) is 7.40. The molecule has 2 rings (SSSR count). The predicted octanol–water partition coefficient (Wildman–Crippen LogP) is 2.40. The average Bonchev–Trinajstić information content (AvgIpc) is 2.95. The Bertz CT molecular complexity index is 585. The Morgan fingerprint density at radius 2 is 2.10 bits per heavy atom. The number of benzene rings is 1. The molecule has 0 aliphatic carbocycles. The van der Waals surface area contributed by atoms with Crippen molar-refractivity contribution in [3.63, 3.8) is 0 Å². The Balaban J connectivity index is 2.03. The summed E-state index contributed by atoms with van der Waals surface area (Å²) >= 11 is 1.31. The van der Waals surface area contributed by atoms with Gasteiger partial charge in [0.25, 0.3) is 11.1 Å². The van der Waals surface area contributed by atoms with Crippen LogP contribution in [0.4, 0.5) is 0 Å². The first-order valence-electron chi connectivity index (χ1n) is 5.91. The summed E-state index contributed by atoms with van der Waals surface area (Å²) in [7, 11) is 2.95. The number of ether oxygens (including phenoxy) is 2. The van der Waals surface area contributed by atoms with Crippen molar-refractivity contribution in [3.05, 3.63) is 24.3 Å². The number of esters is 1. The minimum Gasteiger partial charge on any atom is -0.496 e. The largest absolute Gasteiger partial charge is 0.496 e. The molecule has 1 heterocycles. The first-order chi connectivity index (χ1) is 9.74. The highest BCUT2D eigenvalue weighted by Crippen LogP contribution is 2.30. The topological polar surface area (TPSA) is 74.5 Å². The number of rotatable bonds is 6. The van der Waals surface area contributed by atoms with Gasteiger partial charge in [0.2, 0.25) is 0 Å². The summed E-state index contributed by atoms with van der Waals surface area (Å²) in [5, 5.41) is 8.32. The highest BCUT2D eigenvalue weighted by molar-refractivity contribution is 7.99. The third kappa shape index (κ3) is 3.51. The molecule has 0 bridgehead atoms. The van der Waals surface area contributed by atoms with E-state index in [-0.39, 0.29) is 5.97 Å². The molecule has 0 spiro atoms. The van der Waals surface area contributed by atoms with Gasteiger partial charge in [0.05, 0.1) is 26.2 Å². The van der Waals surface area contributed by atoms with Gasteiger partial charge in [0.15, 0.2) is 0 Å². The van der Waals surface area contributed by atoms with Crippen LogP contribution >= 0.6 is 11.8 Å². The van der Waals surface area contributed by atoms with Crippen LogP contribution in [-0.4, -0.2) is 36.1 Å². The smallest absolute Gasteiger partial charge is 0.306 e. The van der Waals surface area contributed by atoms with Gasteiger partial charge in [-0.3, -0.25) is 4.79 Å². The molecule has 20 heavy (non-hydrogen) atoms. The van der Waals surface area contributed by atoms with Gasteiger partial charge in [0.1, 0.15) is 5.75 Å². The van der Waals surface area contributed by atoms with Gasteiger partial charge in [-0.25, -0.2) is 0 Å². The van der Waals surface area contributed by atoms with Crippen molar-refractivity contribution in [1.82, 2.24) is 10.2 Å². The summed E-state index contributed by atoms with van der Waals surface area (Å²) < 4.78 is 15.3. The number of para-hydroxylation sites is 1. The molecule has 6 nitrogen and oxygen atoms in total. The van der Waals surface area contributed by atoms with Crippen LogP contribution in [0.25, 0.3) is 11.5 Å². The third-order valence-electron chi connectivity index (χ3n) is 2.50. The molecule has 0 aliphatic heterocycles. The fraction of sp³-hybridized carbons (Fsp3) is 0.308. The summed E-state index contributed by atoms with van der Waals surface area (Å²) in [6.07, 6.45) is 0.299. The van der Waals surface area contributed by atoms with Crippen molar-refractivity contribution in [2.45, 2.75) is 11.6 Å². The number of thioether (sulfide) groups is 1. The fourth-order valence-electron chi connectivity index (χ4n) is 1.52. The number of nitrogens with zero attached hydrogens (tertiary/aromatic N) is 2. The van der Waals surface area contributed by atoms with E-state index in [9.17, 15) is 4.79 Å². The van der Waals surface area contributed by atoms with Crippen molar-refractivity contribution < 1.29 is 18.7 Å². The SMILES string of the molecule is COC(=O)CCSc1nnc(-c2ccccc2OC)o1. The maximum Gasteiger partial charge on any atom is 0.306 e. The number of aromatic nitrogens is 2. The van der Waals surface area contributed by atoms with Gasteiger partial charge in [-0.2, -0.15) is 0 Å². The van der Waals surface area contributed by atoms with E-state index in [1.807, 2.05) is 24.3 Å². The molecule has 0 fully saturated rings. The quantitative estimate of drug-likeness (QED) is 0.598. The van der Waals surface area contributed by atoms with E-state index in [1.165, 1.54) is 18.9 Å². The average molecular weight is 294 g/mol. The number of carbonyl (C=O) groups excluding carboxylic acids is 1. The van der Waals surface area contributed by atoms with E-state index >= 15 is 0 Å². The number of methoxy groups -OCH3 is 2. The van der Waals surface area contributed by atoms with E-state index in [4.69, 9.17) is 9.15 Å². The Labute approximate surface area is 120 Å². The highest BCUT2D eigenvalue weighted by Gasteiger charge is 2.13. The van der Waals surface area contributed by atoms with Crippen LogP contribution < -0.4 is 4.74 Å². The molecule has 0 atom stereocenters. The van der Waals surface area contributed by atoms with Crippen LogP contribution in [0.5, 0.6) is 5.75 Å². The van der Waals surface area contributed by atoms with Gasteiger partial charge in [-0.1, -0.05) is 23.9 Å². The second kappa shape index (κ2) is 6.95. The van der Waals surface area contributed by atoms with Crippen molar-refractivity contribution in [2.24, 2.45) is 0 Å². The van der Waals surface area contributed by atoms with Crippen molar-refractivity contribution in [1.29, 1.82) is 0 Å². The molecule has 0 radical (unpaired) electrons. The molecule has 0 unspecified atom stereocenters. The first kappa shape index (κ1) is 14.4. The number of hydrogen-bond acceptors (Lipinski definition) is 7. The second-order valence-electron chi connectivity index (χ2n) is 3.75.